The van der Waals surface area contributed by atoms with Gasteiger partial charge in [-0.1, -0.05) is 6.92 Å². The van der Waals surface area contributed by atoms with Gasteiger partial charge in [0.05, 0.1) is 11.6 Å². The first-order valence-corrected chi connectivity index (χ1v) is 7.16. The predicted molar refractivity (Wildman–Crippen MR) is 81.0 cm³/mol. The second-order valence-corrected chi connectivity index (χ2v) is 5.67. The number of hydrogen-bond acceptors (Lipinski definition) is 4. The highest BCUT2D eigenvalue weighted by Crippen LogP contribution is 2.24. The van der Waals surface area contributed by atoms with Crippen LogP contribution in [-0.4, -0.2) is 47.3 Å². The van der Waals surface area contributed by atoms with Crippen LogP contribution in [0.25, 0.3) is 10.9 Å². The van der Waals surface area contributed by atoms with Crippen molar-refractivity contribution >= 4 is 22.5 Å². The van der Waals surface area contributed by atoms with Crippen molar-refractivity contribution < 1.29 is 9.53 Å². The van der Waals surface area contributed by atoms with Gasteiger partial charge in [0, 0.05) is 31.3 Å². The van der Waals surface area contributed by atoms with Crippen LogP contribution in [0.3, 0.4) is 0 Å². The minimum atomic E-state index is -0.0687. The van der Waals surface area contributed by atoms with Crippen molar-refractivity contribution in [3.63, 3.8) is 0 Å². The molecule has 1 aliphatic heterocycles. The molecule has 0 aliphatic carbocycles. The minimum absolute atomic E-state index is 0.0687. The molecule has 0 saturated carbocycles. The zero-order chi connectivity index (χ0) is 15.0. The standard InChI is InChI=1S/C15H20N4O2/c1-9-5-6-19(8-13(9)21-2)15(20)14-11-7-10(16)3-4-12(11)17-18-14/h3-4,7,9,13H,5-6,8,16H2,1-2H3,(H,17,18). The van der Waals surface area contributed by atoms with Crippen molar-refractivity contribution in [3.05, 3.63) is 23.9 Å². The minimum Gasteiger partial charge on any atom is -0.399 e. The Labute approximate surface area is 123 Å². The number of hydrogen-bond donors (Lipinski definition) is 2. The summed E-state index contributed by atoms with van der Waals surface area (Å²) in [5.41, 5.74) is 7.68. The number of nitrogens with one attached hydrogen (secondary N) is 1. The number of aromatic nitrogens is 2. The van der Waals surface area contributed by atoms with E-state index in [9.17, 15) is 4.79 Å². The molecule has 0 radical (unpaired) electrons. The number of rotatable bonds is 2. The summed E-state index contributed by atoms with van der Waals surface area (Å²) in [6.45, 7) is 3.49. The smallest absolute Gasteiger partial charge is 0.275 e. The number of nitrogen functional groups attached to an aromatic ring is 1. The van der Waals surface area contributed by atoms with Crippen molar-refractivity contribution in [1.82, 2.24) is 15.1 Å². The maximum Gasteiger partial charge on any atom is 0.275 e. The molecule has 2 atom stereocenters. The number of aromatic amines is 1. The van der Waals surface area contributed by atoms with Crippen LogP contribution in [0, 0.1) is 5.92 Å². The summed E-state index contributed by atoms with van der Waals surface area (Å²) in [6, 6.07) is 5.41. The number of carbonyl (C=O) groups excluding carboxylic acids is 1. The van der Waals surface area contributed by atoms with Gasteiger partial charge in [0.2, 0.25) is 0 Å². The summed E-state index contributed by atoms with van der Waals surface area (Å²) >= 11 is 0. The van der Waals surface area contributed by atoms with E-state index in [2.05, 4.69) is 17.1 Å². The number of ether oxygens (including phenoxy) is 1. The summed E-state index contributed by atoms with van der Waals surface area (Å²) in [5, 5.41) is 7.82. The molecule has 0 bridgehead atoms. The lowest BCUT2D eigenvalue weighted by Crippen LogP contribution is -2.46. The molecule has 6 nitrogen and oxygen atoms in total. The highest BCUT2D eigenvalue weighted by Gasteiger charge is 2.30. The number of methoxy groups -OCH3 is 1. The number of anilines is 1. The molecule has 0 spiro atoms. The monoisotopic (exact) mass is 288 g/mol. The molecule has 6 heteroatoms. The van der Waals surface area contributed by atoms with E-state index < -0.39 is 0 Å². The van der Waals surface area contributed by atoms with Crippen molar-refractivity contribution in [2.24, 2.45) is 5.92 Å². The Hall–Kier alpha value is -2.08. The van der Waals surface area contributed by atoms with Gasteiger partial charge in [-0.15, -0.1) is 0 Å². The molecule has 3 rings (SSSR count). The fourth-order valence-corrected chi connectivity index (χ4v) is 2.87. The number of nitrogens with two attached hydrogens (primary N) is 1. The zero-order valence-electron chi connectivity index (χ0n) is 12.3. The van der Waals surface area contributed by atoms with Gasteiger partial charge in [0.25, 0.3) is 5.91 Å². The van der Waals surface area contributed by atoms with Crippen LogP contribution in [0.5, 0.6) is 0 Å². The van der Waals surface area contributed by atoms with Crippen molar-refractivity contribution in [1.29, 1.82) is 0 Å². The second-order valence-electron chi connectivity index (χ2n) is 5.67. The molecule has 1 saturated heterocycles. The molecular weight excluding hydrogens is 268 g/mol. The van der Waals surface area contributed by atoms with Gasteiger partial charge in [-0.3, -0.25) is 9.89 Å². The van der Waals surface area contributed by atoms with Gasteiger partial charge in [-0.2, -0.15) is 5.10 Å². The number of likely N-dealkylation sites (tertiary alicyclic amines) is 1. The number of carbonyl (C=O) groups is 1. The Morgan fingerprint density at radius 1 is 1.52 bits per heavy atom. The van der Waals surface area contributed by atoms with Crippen LogP contribution in [-0.2, 0) is 4.74 Å². The second kappa shape index (κ2) is 5.37. The number of nitrogens with zero attached hydrogens (tertiary/aromatic N) is 2. The number of piperidine rings is 1. The summed E-state index contributed by atoms with van der Waals surface area (Å²) in [4.78, 5) is 14.5. The van der Waals surface area contributed by atoms with Crippen LogP contribution in [0.1, 0.15) is 23.8 Å². The molecule has 2 unspecified atom stereocenters. The third-order valence-corrected chi connectivity index (χ3v) is 4.27. The summed E-state index contributed by atoms with van der Waals surface area (Å²) in [6.07, 6.45) is 1.02. The van der Waals surface area contributed by atoms with E-state index in [0.29, 0.717) is 23.8 Å². The summed E-state index contributed by atoms with van der Waals surface area (Å²) < 4.78 is 5.47. The fourth-order valence-electron chi connectivity index (χ4n) is 2.87. The first-order valence-electron chi connectivity index (χ1n) is 7.16. The normalized spacial score (nSPS) is 22.7. The van der Waals surface area contributed by atoms with Crippen molar-refractivity contribution in [2.45, 2.75) is 19.4 Å². The number of H-pyrrole nitrogens is 1. The highest BCUT2D eigenvalue weighted by atomic mass is 16.5. The van der Waals surface area contributed by atoms with Gasteiger partial charge in [-0.25, -0.2) is 0 Å². The first-order chi connectivity index (χ1) is 10.1. The van der Waals surface area contributed by atoms with Gasteiger partial charge in [0.15, 0.2) is 5.69 Å². The third-order valence-electron chi connectivity index (χ3n) is 4.27. The largest absolute Gasteiger partial charge is 0.399 e. The number of benzene rings is 1. The quantitative estimate of drug-likeness (QED) is 0.823. The zero-order valence-corrected chi connectivity index (χ0v) is 12.3. The molecule has 3 N–H and O–H groups in total. The molecule has 1 aromatic carbocycles. The lowest BCUT2D eigenvalue weighted by Gasteiger charge is -2.35. The lowest BCUT2D eigenvalue weighted by atomic mass is 9.95. The topological polar surface area (TPSA) is 84.2 Å². The average molecular weight is 288 g/mol. The molecule has 21 heavy (non-hydrogen) atoms. The van der Waals surface area contributed by atoms with Gasteiger partial charge in [0.1, 0.15) is 0 Å². The molecule has 1 aromatic heterocycles. The van der Waals surface area contributed by atoms with E-state index in [0.717, 1.165) is 23.9 Å². The van der Waals surface area contributed by atoms with Crippen molar-refractivity contribution in [2.75, 3.05) is 25.9 Å². The van der Waals surface area contributed by atoms with Crippen LogP contribution >= 0.6 is 0 Å². The summed E-state index contributed by atoms with van der Waals surface area (Å²) in [5.74, 6) is 0.395. The Balaban J connectivity index is 1.88. The SMILES string of the molecule is COC1CN(C(=O)c2n[nH]c3ccc(N)cc23)CCC1C. The number of amides is 1. The van der Waals surface area contributed by atoms with E-state index >= 15 is 0 Å². The fraction of sp³-hybridized carbons (Fsp3) is 0.467. The van der Waals surface area contributed by atoms with Gasteiger partial charge >= 0.3 is 0 Å². The molecule has 1 fully saturated rings. The predicted octanol–water partition coefficient (Wildman–Crippen LogP) is 1.64. The molecule has 112 valence electrons. The average Bonchev–Trinajstić information content (AvgIpc) is 2.90. The molecular formula is C15H20N4O2. The molecule has 2 heterocycles. The maximum atomic E-state index is 12.7. The van der Waals surface area contributed by atoms with E-state index in [4.69, 9.17) is 10.5 Å². The van der Waals surface area contributed by atoms with Crippen LogP contribution in [0.15, 0.2) is 18.2 Å². The van der Waals surface area contributed by atoms with E-state index in [1.165, 1.54) is 0 Å². The lowest BCUT2D eigenvalue weighted by molar-refractivity contribution is -0.00170. The first kappa shape index (κ1) is 13.9. The molecule has 1 amide bonds. The van der Waals surface area contributed by atoms with Crippen molar-refractivity contribution in [3.8, 4) is 0 Å². The molecule has 2 aromatic rings. The van der Waals surface area contributed by atoms with E-state index in [1.54, 1.807) is 19.2 Å². The highest BCUT2D eigenvalue weighted by molar-refractivity contribution is 6.05. The van der Waals surface area contributed by atoms with Gasteiger partial charge in [-0.05, 0) is 30.5 Å². The van der Waals surface area contributed by atoms with Crippen LogP contribution in [0.4, 0.5) is 5.69 Å². The van der Waals surface area contributed by atoms with Crippen LogP contribution < -0.4 is 5.73 Å². The Morgan fingerprint density at radius 3 is 3.10 bits per heavy atom. The molecule has 1 aliphatic rings. The Bertz CT molecular complexity index is 667. The van der Waals surface area contributed by atoms with E-state index in [-0.39, 0.29) is 12.0 Å². The summed E-state index contributed by atoms with van der Waals surface area (Å²) in [7, 11) is 1.69. The van der Waals surface area contributed by atoms with E-state index in [1.807, 2.05) is 11.0 Å². The maximum absolute atomic E-state index is 12.7. The third kappa shape index (κ3) is 2.47. The van der Waals surface area contributed by atoms with Crippen LogP contribution in [0.2, 0.25) is 0 Å². The Kier molecular flexibility index (Phi) is 3.55. The number of fused-ring (bicyclic) bond motifs is 1. The Morgan fingerprint density at radius 2 is 2.33 bits per heavy atom. The van der Waals surface area contributed by atoms with Gasteiger partial charge < -0.3 is 15.4 Å².